The first-order chi connectivity index (χ1) is 16.1. The van der Waals surface area contributed by atoms with E-state index in [2.05, 4.69) is 15.7 Å². The Morgan fingerprint density at radius 1 is 1.18 bits per heavy atom. The highest BCUT2D eigenvalue weighted by atomic mass is 35.5. The number of nitrogens with one attached hydrogen (secondary N) is 2. The van der Waals surface area contributed by atoms with E-state index in [4.69, 9.17) is 16.0 Å². The molecule has 33 heavy (non-hydrogen) atoms. The van der Waals surface area contributed by atoms with Crippen LogP contribution in [0.1, 0.15) is 34.6 Å². The summed E-state index contributed by atoms with van der Waals surface area (Å²) in [5.74, 6) is 1.19. The molecule has 6 nitrogen and oxygen atoms in total. The van der Waals surface area contributed by atoms with Crippen molar-refractivity contribution in [2.75, 3.05) is 19.6 Å². The fourth-order valence-electron chi connectivity index (χ4n) is 4.40. The van der Waals surface area contributed by atoms with Crippen LogP contribution in [0.25, 0.3) is 22.3 Å². The Morgan fingerprint density at radius 2 is 1.97 bits per heavy atom. The summed E-state index contributed by atoms with van der Waals surface area (Å²) in [5.41, 5.74) is 4.06. The lowest BCUT2D eigenvalue weighted by Gasteiger charge is -2.22. The fraction of sp³-hybridized carbons (Fsp3) is 0.308. The number of benzene rings is 2. The molecule has 0 unspecified atom stereocenters. The largest absolute Gasteiger partial charge is 0.456 e. The van der Waals surface area contributed by atoms with Gasteiger partial charge >= 0.3 is 0 Å². The van der Waals surface area contributed by atoms with Gasteiger partial charge in [-0.3, -0.25) is 9.48 Å². The molecule has 0 saturated carbocycles. The quantitative estimate of drug-likeness (QED) is 0.421. The van der Waals surface area contributed by atoms with E-state index in [9.17, 15) is 4.79 Å². The second-order valence-corrected chi connectivity index (χ2v) is 9.13. The molecule has 1 saturated heterocycles. The second-order valence-electron chi connectivity index (χ2n) is 8.69. The summed E-state index contributed by atoms with van der Waals surface area (Å²) in [6.07, 6.45) is 2.18. The SMILES string of the molecule is Cc1cc(C(=O)NCC2CCNCC2)nn1Cc1cc(Cl)cc2cc(-c3ccccc3)oc12. The molecule has 0 radical (unpaired) electrons. The summed E-state index contributed by atoms with van der Waals surface area (Å²) in [7, 11) is 0. The molecule has 0 aliphatic carbocycles. The molecule has 4 aromatic rings. The molecule has 0 bridgehead atoms. The van der Waals surface area contributed by atoms with Gasteiger partial charge in [-0.1, -0.05) is 41.9 Å². The summed E-state index contributed by atoms with van der Waals surface area (Å²) in [5, 5.41) is 12.6. The van der Waals surface area contributed by atoms with Gasteiger partial charge < -0.3 is 15.1 Å². The molecule has 1 amide bonds. The Morgan fingerprint density at radius 3 is 2.76 bits per heavy atom. The van der Waals surface area contributed by atoms with Gasteiger partial charge in [0.25, 0.3) is 5.91 Å². The molecule has 2 N–H and O–H groups in total. The molecule has 3 heterocycles. The molecule has 1 fully saturated rings. The van der Waals surface area contributed by atoms with Crippen molar-refractivity contribution in [3.8, 4) is 11.3 Å². The van der Waals surface area contributed by atoms with E-state index < -0.39 is 0 Å². The maximum absolute atomic E-state index is 12.7. The number of nitrogens with zero attached hydrogens (tertiary/aromatic N) is 2. The van der Waals surface area contributed by atoms with Crippen molar-refractivity contribution >= 4 is 28.5 Å². The first kappa shape index (κ1) is 21.7. The van der Waals surface area contributed by atoms with Crippen LogP contribution in [0.15, 0.2) is 59.0 Å². The lowest BCUT2D eigenvalue weighted by Crippen LogP contribution is -2.36. The minimum atomic E-state index is -0.129. The van der Waals surface area contributed by atoms with Crippen molar-refractivity contribution in [1.82, 2.24) is 20.4 Å². The number of aryl methyl sites for hydroxylation is 1. The highest BCUT2D eigenvalue weighted by Crippen LogP contribution is 2.32. The van der Waals surface area contributed by atoms with E-state index in [0.717, 1.165) is 59.5 Å². The summed E-state index contributed by atoms with van der Waals surface area (Å²) in [6, 6.07) is 17.6. The van der Waals surface area contributed by atoms with Gasteiger partial charge in [0, 0.05) is 33.8 Å². The number of halogens is 1. The molecule has 0 atom stereocenters. The highest BCUT2D eigenvalue weighted by Gasteiger charge is 2.18. The lowest BCUT2D eigenvalue weighted by atomic mass is 9.98. The van der Waals surface area contributed by atoms with E-state index in [1.165, 1.54) is 0 Å². The third kappa shape index (κ3) is 4.82. The van der Waals surface area contributed by atoms with E-state index in [1.807, 2.05) is 66.2 Å². The van der Waals surface area contributed by atoms with Gasteiger partial charge in [-0.25, -0.2) is 0 Å². The molecule has 7 heteroatoms. The Hall–Kier alpha value is -3.09. The Labute approximate surface area is 197 Å². The first-order valence-electron chi connectivity index (χ1n) is 11.4. The van der Waals surface area contributed by atoms with Crippen molar-refractivity contribution in [1.29, 1.82) is 0 Å². The molecule has 2 aromatic carbocycles. The molecular formula is C26H27ClN4O2. The molecule has 1 aliphatic rings. The van der Waals surface area contributed by atoms with Gasteiger partial charge in [-0.15, -0.1) is 0 Å². The fourth-order valence-corrected chi connectivity index (χ4v) is 4.65. The lowest BCUT2D eigenvalue weighted by molar-refractivity contribution is 0.0938. The second kappa shape index (κ2) is 9.41. The van der Waals surface area contributed by atoms with Gasteiger partial charge in [0.1, 0.15) is 17.0 Å². The van der Waals surface area contributed by atoms with E-state index >= 15 is 0 Å². The average Bonchev–Trinajstić information content (AvgIpc) is 3.42. The standard InChI is InChI=1S/C26H27ClN4O2/c1-17-11-23(26(32)29-15-18-7-9-28-10-8-18)30-31(17)16-21-13-22(27)12-20-14-24(33-25(20)21)19-5-3-2-4-6-19/h2-6,11-14,18,28H,7-10,15-16H2,1H3,(H,29,32). The number of carbonyl (C=O) groups excluding carboxylic acids is 1. The summed E-state index contributed by atoms with van der Waals surface area (Å²) in [6.45, 7) is 5.14. The Balaban J connectivity index is 1.36. The zero-order valence-electron chi connectivity index (χ0n) is 18.6. The zero-order chi connectivity index (χ0) is 22.8. The number of rotatable bonds is 6. The maximum Gasteiger partial charge on any atom is 0.271 e. The predicted molar refractivity (Wildman–Crippen MR) is 131 cm³/mol. The normalized spacial score (nSPS) is 14.6. The maximum atomic E-state index is 12.7. The molecule has 5 rings (SSSR count). The number of furan rings is 1. The molecule has 170 valence electrons. The summed E-state index contributed by atoms with van der Waals surface area (Å²) >= 11 is 6.42. The minimum Gasteiger partial charge on any atom is -0.456 e. The molecule has 0 spiro atoms. The number of aromatic nitrogens is 2. The van der Waals surface area contributed by atoms with E-state index in [0.29, 0.717) is 29.7 Å². The number of amides is 1. The van der Waals surface area contributed by atoms with Crippen molar-refractivity contribution < 1.29 is 9.21 Å². The number of carbonyl (C=O) groups is 1. The third-order valence-corrected chi connectivity index (χ3v) is 6.48. The van der Waals surface area contributed by atoms with Gasteiger partial charge in [0.05, 0.1) is 6.54 Å². The van der Waals surface area contributed by atoms with Crippen LogP contribution < -0.4 is 10.6 Å². The number of hydrogen-bond donors (Lipinski definition) is 2. The van der Waals surface area contributed by atoms with E-state index in [1.54, 1.807) is 0 Å². The number of hydrogen-bond acceptors (Lipinski definition) is 4. The van der Waals surface area contributed by atoms with Crippen LogP contribution in [0, 0.1) is 12.8 Å². The van der Waals surface area contributed by atoms with Crippen LogP contribution in [-0.2, 0) is 6.54 Å². The van der Waals surface area contributed by atoms with Crippen molar-refractivity contribution in [2.24, 2.45) is 5.92 Å². The monoisotopic (exact) mass is 462 g/mol. The van der Waals surface area contributed by atoms with Gasteiger partial charge in [-0.2, -0.15) is 5.10 Å². The van der Waals surface area contributed by atoms with Gasteiger partial charge in [0.2, 0.25) is 0 Å². The van der Waals surface area contributed by atoms with Crippen LogP contribution >= 0.6 is 11.6 Å². The third-order valence-electron chi connectivity index (χ3n) is 6.26. The number of fused-ring (bicyclic) bond motifs is 1. The van der Waals surface area contributed by atoms with Crippen LogP contribution in [-0.4, -0.2) is 35.3 Å². The van der Waals surface area contributed by atoms with Crippen molar-refractivity contribution in [3.63, 3.8) is 0 Å². The van der Waals surface area contributed by atoms with Crippen molar-refractivity contribution in [2.45, 2.75) is 26.3 Å². The van der Waals surface area contributed by atoms with Gasteiger partial charge in [-0.05, 0) is 63.0 Å². The van der Waals surface area contributed by atoms with Gasteiger partial charge in [0.15, 0.2) is 0 Å². The van der Waals surface area contributed by atoms with Crippen LogP contribution in [0.2, 0.25) is 5.02 Å². The van der Waals surface area contributed by atoms with E-state index in [-0.39, 0.29) is 5.91 Å². The van der Waals surface area contributed by atoms with Crippen LogP contribution in [0.4, 0.5) is 0 Å². The smallest absolute Gasteiger partial charge is 0.271 e. The molecule has 1 aliphatic heterocycles. The highest BCUT2D eigenvalue weighted by molar-refractivity contribution is 6.31. The van der Waals surface area contributed by atoms with Crippen LogP contribution in [0.3, 0.4) is 0 Å². The first-order valence-corrected chi connectivity index (χ1v) is 11.8. The zero-order valence-corrected chi connectivity index (χ0v) is 19.4. The number of piperidine rings is 1. The predicted octanol–water partition coefficient (Wildman–Crippen LogP) is 5.04. The minimum absolute atomic E-state index is 0.129. The summed E-state index contributed by atoms with van der Waals surface area (Å²) < 4.78 is 8.06. The Bertz CT molecular complexity index is 1270. The summed E-state index contributed by atoms with van der Waals surface area (Å²) in [4.78, 5) is 12.7. The topological polar surface area (TPSA) is 72.1 Å². The molecular weight excluding hydrogens is 436 g/mol. The molecule has 2 aromatic heterocycles. The van der Waals surface area contributed by atoms with Crippen LogP contribution in [0.5, 0.6) is 0 Å². The Kier molecular flexibility index (Phi) is 6.20. The average molecular weight is 463 g/mol. The van der Waals surface area contributed by atoms with Crippen molar-refractivity contribution in [3.05, 3.63) is 76.6 Å².